The van der Waals surface area contributed by atoms with Gasteiger partial charge in [-0.15, -0.1) is 0 Å². The van der Waals surface area contributed by atoms with E-state index in [1.165, 1.54) is 38.5 Å². The summed E-state index contributed by atoms with van der Waals surface area (Å²) in [7, 11) is 1.91. The minimum Gasteiger partial charge on any atom is -0.383 e. The summed E-state index contributed by atoms with van der Waals surface area (Å²) >= 11 is 0. The second-order valence-corrected chi connectivity index (χ2v) is 9.23. The SMILES string of the molecule is CN1C(=O)C(O)C[C@]2(C)[C@H]3CC[C@]4(C)CCC[C@H]4[C@@H]3CC[C@@H]12. The number of aliphatic hydroxyl groups excluding tert-OH is 1. The molecule has 124 valence electrons. The molecule has 0 aromatic rings. The van der Waals surface area contributed by atoms with Crippen LogP contribution in [-0.4, -0.2) is 35.1 Å². The molecule has 0 aromatic heterocycles. The molecule has 0 radical (unpaired) electrons. The second kappa shape index (κ2) is 4.72. The molecule has 3 nitrogen and oxygen atoms in total. The first-order valence-corrected chi connectivity index (χ1v) is 9.31. The number of nitrogens with zero attached hydrogens (tertiary/aromatic N) is 1. The first-order chi connectivity index (χ1) is 10.4. The molecule has 3 saturated carbocycles. The van der Waals surface area contributed by atoms with Gasteiger partial charge in [-0.25, -0.2) is 0 Å². The van der Waals surface area contributed by atoms with E-state index in [1.54, 1.807) is 0 Å². The highest BCUT2D eigenvalue weighted by Gasteiger charge is 2.60. The number of amides is 1. The Bertz CT molecular complexity index is 492. The van der Waals surface area contributed by atoms with Crippen molar-refractivity contribution in [3.8, 4) is 0 Å². The van der Waals surface area contributed by atoms with Crippen LogP contribution in [0, 0.1) is 28.6 Å². The molecule has 1 saturated heterocycles. The summed E-state index contributed by atoms with van der Waals surface area (Å²) in [6.45, 7) is 4.90. The van der Waals surface area contributed by atoms with E-state index in [1.807, 2.05) is 11.9 Å². The van der Waals surface area contributed by atoms with Gasteiger partial charge in [-0.05, 0) is 73.5 Å². The third-order valence-corrected chi connectivity index (χ3v) is 8.33. The number of carbonyl (C=O) groups excluding carboxylic acids is 1. The molecule has 3 heteroatoms. The Morgan fingerprint density at radius 2 is 1.86 bits per heavy atom. The van der Waals surface area contributed by atoms with Crippen molar-refractivity contribution in [3.63, 3.8) is 0 Å². The van der Waals surface area contributed by atoms with Crippen LogP contribution in [0.5, 0.6) is 0 Å². The highest BCUT2D eigenvalue weighted by molar-refractivity contribution is 5.82. The molecule has 0 spiro atoms. The first kappa shape index (κ1) is 15.0. The number of carbonyl (C=O) groups is 1. The average Bonchev–Trinajstić information content (AvgIpc) is 2.86. The first-order valence-electron chi connectivity index (χ1n) is 9.31. The lowest BCUT2D eigenvalue weighted by molar-refractivity contribution is -0.173. The largest absolute Gasteiger partial charge is 0.383 e. The van der Waals surface area contributed by atoms with Gasteiger partial charge in [-0.1, -0.05) is 20.3 Å². The van der Waals surface area contributed by atoms with Crippen molar-refractivity contribution < 1.29 is 9.90 Å². The molecule has 7 atom stereocenters. The molecule has 0 bridgehead atoms. The zero-order valence-electron chi connectivity index (χ0n) is 14.3. The zero-order valence-corrected chi connectivity index (χ0v) is 14.3. The van der Waals surface area contributed by atoms with Crippen LogP contribution in [0.4, 0.5) is 0 Å². The third-order valence-electron chi connectivity index (χ3n) is 8.33. The van der Waals surface area contributed by atoms with Crippen molar-refractivity contribution in [1.29, 1.82) is 0 Å². The lowest BCUT2D eigenvalue weighted by Gasteiger charge is -2.61. The van der Waals surface area contributed by atoms with E-state index in [0.717, 1.165) is 18.3 Å². The number of hydrogen-bond donors (Lipinski definition) is 1. The standard InChI is InChI=1S/C19H31NO2/c1-18-9-4-5-13(18)12-6-7-16-19(2,14(12)8-10-18)11-15(21)17(22)20(16)3/h12-16,21H,4-11H2,1-3H3/t12-,13-,14-,15?,16+,18-,19+/m0/s1. The molecule has 4 aliphatic rings. The van der Waals surface area contributed by atoms with E-state index in [2.05, 4.69) is 13.8 Å². The van der Waals surface area contributed by atoms with Gasteiger partial charge in [0.1, 0.15) is 6.10 Å². The minimum atomic E-state index is -0.776. The Kier molecular flexibility index (Phi) is 3.21. The Hall–Kier alpha value is -0.570. The number of aliphatic hydroxyl groups is 1. The van der Waals surface area contributed by atoms with Crippen molar-refractivity contribution in [3.05, 3.63) is 0 Å². The summed E-state index contributed by atoms with van der Waals surface area (Å²) in [6.07, 6.45) is 9.24. The summed E-state index contributed by atoms with van der Waals surface area (Å²) in [4.78, 5) is 14.1. The fourth-order valence-corrected chi connectivity index (χ4v) is 7.25. The summed E-state index contributed by atoms with van der Waals surface area (Å²) in [5, 5.41) is 10.3. The van der Waals surface area contributed by atoms with Gasteiger partial charge in [0.05, 0.1) is 0 Å². The second-order valence-electron chi connectivity index (χ2n) is 9.23. The van der Waals surface area contributed by atoms with E-state index >= 15 is 0 Å². The van der Waals surface area contributed by atoms with Gasteiger partial charge >= 0.3 is 0 Å². The Morgan fingerprint density at radius 3 is 2.64 bits per heavy atom. The van der Waals surface area contributed by atoms with E-state index in [9.17, 15) is 9.90 Å². The van der Waals surface area contributed by atoms with Crippen LogP contribution in [0.3, 0.4) is 0 Å². The van der Waals surface area contributed by atoms with Crippen molar-refractivity contribution in [2.24, 2.45) is 28.6 Å². The maximum atomic E-state index is 12.2. The summed E-state index contributed by atoms with van der Waals surface area (Å²) < 4.78 is 0. The number of likely N-dealkylation sites (tertiary alicyclic amines) is 1. The summed E-state index contributed by atoms with van der Waals surface area (Å²) in [5.74, 6) is 2.37. The molecular weight excluding hydrogens is 274 g/mol. The number of likely N-dealkylation sites (N-methyl/N-ethyl adjacent to an activating group) is 1. The van der Waals surface area contributed by atoms with Crippen LogP contribution < -0.4 is 0 Å². The molecule has 3 aliphatic carbocycles. The van der Waals surface area contributed by atoms with Gasteiger partial charge in [-0.2, -0.15) is 0 Å². The molecule has 4 fully saturated rings. The van der Waals surface area contributed by atoms with Gasteiger partial charge < -0.3 is 10.0 Å². The molecule has 4 rings (SSSR count). The zero-order chi connectivity index (χ0) is 15.7. The minimum absolute atomic E-state index is 0.0533. The summed E-state index contributed by atoms with van der Waals surface area (Å²) in [5.41, 5.74) is 0.703. The normalized spacial score (nSPS) is 54.6. The molecular formula is C19H31NO2. The number of rotatable bonds is 0. The van der Waals surface area contributed by atoms with Crippen LogP contribution in [0.15, 0.2) is 0 Å². The molecule has 1 N–H and O–H groups in total. The Balaban J connectivity index is 1.67. The maximum Gasteiger partial charge on any atom is 0.251 e. The van der Waals surface area contributed by atoms with Crippen LogP contribution >= 0.6 is 0 Å². The van der Waals surface area contributed by atoms with Gasteiger partial charge in [0, 0.05) is 13.1 Å². The van der Waals surface area contributed by atoms with Crippen LogP contribution in [0.2, 0.25) is 0 Å². The molecule has 1 aliphatic heterocycles. The molecule has 1 unspecified atom stereocenters. The van der Waals surface area contributed by atoms with E-state index < -0.39 is 6.10 Å². The smallest absolute Gasteiger partial charge is 0.251 e. The van der Waals surface area contributed by atoms with Crippen molar-refractivity contribution in [2.45, 2.75) is 77.4 Å². The van der Waals surface area contributed by atoms with Crippen LogP contribution in [-0.2, 0) is 4.79 Å². The fourth-order valence-electron chi connectivity index (χ4n) is 7.25. The molecule has 1 heterocycles. The number of hydrogen-bond acceptors (Lipinski definition) is 2. The molecule has 0 aromatic carbocycles. The van der Waals surface area contributed by atoms with E-state index in [4.69, 9.17) is 0 Å². The lowest BCUT2D eigenvalue weighted by atomic mass is 9.47. The Morgan fingerprint density at radius 1 is 1.09 bits per heavy atom. The van der Waals surface area contributed by atoms with E-state index in [-0.39, 0.29) is 11.3 Å². The van der Waals surface area contributed by atoms with Crippen molar-refractivity contribution >= 4 is 5.91 Å². The monoisotopic (exact) mass is 305 g/mol. The van der Waals surface area contributed by atoms with Crippen molar-refractivity contribution in [1.82, 2.24) is 4.90 Å². The van der Waals surface area contributed by atoms with Gasteiger partial charge in [-0.3, -0.25) is 4.79 Å². The predicted molar refractivity (Wildman–Crippen MR) is 86.2 cm³/mol. The quantitative estimate of drug-likeness (QED) is 0.746. The highest BCUT2D eigenvalue weighted by Crippen LogP contribution is 2.64. The fraction of sp³-hybridized carbons (Fsp3) is 0.947. The number of fused-ring (bicyclic) bond motifs is 5. The Labute approximate surface area is 134 Å². The van der Waals surface area contributed by atoms with Gasteiger partial charge in [0.25, 0.3) is 5.91 Å². The lowest BCUT2D eigenvalue weighted by Crippen LogP contribution is -2.64. The van der Waals surface area contributed by atoms with Gasteiger partial charge in [0.2, 0.25) is 0 Å². The average molecular weight is 305 g/mol. The van der Waals surface area contributed by atoms with Crippen LogP contribution in [0.1, 0.15) is 65.2 Å². The van der Waals surface area contributed by atoms with Crippen LogP contribution in [0.25, 0.3) is 0 Å². The van der Waals surface area contributed by atoms with E-state index in [0.29, 0.717) is 23.8 Å². The molecule has 1 amide bonds. The summed E-state index contributed by atoms with van der Waals surface area (Å²) in [6, 6.07) is 0.343. The topological polar surface area (TPSA) is 40.5 Å². The highest BCUT2D eigenvalue weighted by atomic mass is 16.3. The number of piperidine rings is 1. The molecule has 22 heavy (non-hydrogen) atoms. The predicted octanol–water partition coefficient (Wildman–Crippen LogP) is 3.21. The van der Waals surface area contributed by atoms with Gasteiger partial charge in [0.15, 0.2) is 0 Å². The third kappa shape index (κ3) is 1.81. The maximum absolute atomic E-state index is 12.2. The van der Waals surface area contributed by atoms with Crippen molar-refractivity contribution in [2.75, 3.05) is 7.05 Å².